The molecule has 0 atom stereocenters. The van der Waals surface area contributed by atoms with Gasteiger partial charge in [-0.3, -0.25) is 4.79 Å². The van der Waals surface area contributed by atoms with Crippen molar-refractivity contribution in [2.75, 3.05) is 6.61 Å². The predicted octanol–water partition coefficient (Wildman–Crippen LogP) is 4.70. The highest BCUT2D eigenvalue weighted by atomic mass is 16.5. The minimum Gasteiger partial charge on any atom is -0.486 e. The highest BCUT2D eigenvalue weighted by Crippen LogP contribution is 2.24. The molecule has 1 heterocycles. The number of fused-ring (bicyclic) bond motifs is 1. The van der Waals surface area contributed by atoms with E-state index in [-0.39, 0.29) is 28.0 Å². The fraction of sp³-hybridized carbons (Fsp3) is 0.182. The molecule has 5 nitrogen and oxygen atoms in total. The fourth-order valence-corrected chi connectivity index (χ4v) is 2.56. The van der Waals surface area contributed by atoms with Crippen molar-refractivity contribution in [2.45, 2.75) is 13.8 Å². The highest BCUT2D eigenvalue weighted by molar-refractivity contribution is 5.93. The van der Waals surface area contributed by atoms with Gasteiger partial charge in [0.25, 0.3) is 0 Å². The van der Waals surface area contributed by atoms with Crippen LogP contribution in [0.5, 0.6) is 5.75 Å². The third-order valence-electron chi connectivity index (χ3n) is 3.91. The molecule has 0 aliphatic rings. The van der Waals surface area contributed by atoms with Gasteiger partial charge >= 0.3 is 5.97 Å². The van der Waals surface area contributed by atoms with Crippen LogP contribution < -0.4 is 10.2 Å². The van der Waals surface area contributed by atoms with E-state index in [9.17, 15) is 14.7 Å². The number of carboxylic acid groups (broad SMARTS) is 1. The summed E-state index contributed by atoms with van der Waals surface area (Å²) in [4.78, 5) is 24.1. The van der Waals surface area contributed by atoms with Gasteiger partial charge in [-0.15, -0.1) is 0 Å². The maximum Gasteiger partial charge on any atom is 0.335 e. The van der Waals surface area contributed by atoms with Crippen LogP contribution in [-0.4, -0.2) is 17.7 Å². The first-order valence-electron chi connectivity index (χ1n) is 8.66. The largest absolute Gasteiger partial charge is 0.486 e. The molecule has 1 N–H and O–H groups in total. The zero-order chi connectivity index (χ0) is 19.4. The van der Waals surface area contributed by atoms with Gasteiger partial charge < -0.3 is 14.3 Å². The summed E-state index contributed by atoms with van der Waals surface area (Å²) < 4.78 is 11.6. The lowest BCUT2D eigenvalue weighted by molar-refractivity contribution is 0.0697. The predicted molar refractivity (Wildman–Crippen MR) is 105 cm³/mol. The number of benzene rings is 2. The first-order valence-corrected chi connectivity index (χ1v) is 8.66. The molecule has 27 heavy (non-hydrogen) atoms. The summed E-state index contributed by atoms with van der Waals surface area (Å²) in [5.41, 5.74) is 0.913. The molecule has 0 radical (unpaired) electrons. The standard InChI is InChI=1S/C22H20O5/c1-14(2)13-26-21-19(10-8-15-6-4-3-5-7-15)27-18-11-9-16(22(24)25)12-17(18)20(21)23/h3-12,14H,13H2,1-2H3,(H,24,25). The van der Waals surface area contributed by atoms with Crippen LogP contribution in [0.25, 0.3) is 23.1 Å². The molecule has 0 amide bonds. The Bertz CT molecular complexity index is 1050. The minimum atomic E-state index is -1.10. The van der Waals surface area contributed by atoms with Crippen LogP contribution in [0.1, 0.15) is 35.5 Å². The Labute approximate surface area is 156 Å². The number of carbonyl (C=O) groups is 1. The molecule has 3 rings (SSSR count). The maximum atomic E-state index is 12.9. The summed E-state index contributed by atoms with van der Waals surface area (Å²) in [5.74, 6) is -0.489. The molecular formula is C22H20O5. The van der Waals surface area contributed by atoms with Crippen molar-refractivity contribution >= 4 is 29.1 Å². The SMILES string of the molecule is CC(C)COc1c(C=Cc2ccccc2)oc2ccc(C(=O)O)cc2c1=O. The van der Waals surface area contributed by atoms with E-state index >= 15 is 0 Å². The van der Waals surface area contributed by atoms with Gasteiger partial charge in [-0.25, -0.2) is 4.79 Å². The molecule has 2 aromatic carbocycles. The van der Waals surface area contributed by atoms with Gasteiger partial charge in [0.05, 0.1) is 17.6 Å². The molecule has 0 saturated carbocycles. The molecule has 138 valence electrons. The lowest BCUT2D eigenvalue weighted by Gasteiger charge is -2.11. The van der Waals surface area contributed by atoms with E-state index in [0.29, 0.717) is 18.0 Å². The molecule has 0 fully saturated rings. The van der Waals surface area contributed by atoms with Crippen LogP contribution >= 0.6 is 0 Å². The fourth-order valence-electron chi connectivity index (χ4n) is 2.56. The van der Waals surface area contributed by atoms with Gasteiger partial charge in [0.1, 0.15) is 5.58 Å². The monoisotopic (exact) mass is 364 g/mol. The van der Waals surface area contributed by atoms with Crippen molar-refractivity contribution in [3.8, 4) is 5.75 Å². The average molecular weight is 364 g/mol. The number of hydrogen-bond acceptors (Lipinski definition) is 4. The Balaban J connectivity index is 2.13. The van der Waals surface area contributed by atoms with Gasteiger partial charge in [-0.1, -0.05) is 50.3 Å². The summed E-state index contributed by atoms with van der Waals surface area (Å²) in [6.45, 7) is 4.30. The van der Waals surface area contributed by atoms with Gasteiger partial charge in [-0.05, 0) is 35.8 Å². The first-order chi connectivity index (χ1) is 13.0. The Hall–Kier alpha value is -3.34. The number of carboxylic acids is 1. The third-order valence-corrected chi connectivity index (χ3v) is 3.91. The lowest BCUT2D eigenvalue weighted by atomic mass is 10.1. The van der Waals surface area contributed by atoms with Crippen LogP contribution in [0.2, 0.25) is 0 Å². The van der Waals surface area contributed by atoms with E-state index in [2.05, 4.69) is 0 Å². The van der Waals surface area contributed by atoms with Crippen molar-refractivity contribution in [3.63, 3.8) is 0 Å². The van der Waals surface area contributed by atoms with Crippen LogP contribution in [0.4, 0.5) is 0 Å². The molecule has 5 heteroatoms. The van der Waals surface area contributed by atoms with Crippen molar-refractivity contribution < 1.29 is 19.1 Å². The van der Waals surface area contributed by atoms with Gasteiger partial charge in [0, 0.05) is 0 Å². The molecular weight excluding hydrogens is 344 g/mol. The van der Waals surface area contributed by atoms with E-state index in [0.717, 1.165) is 5.56 Å². The van der Waals surface area contributed by atoms with Crippen LogP contribution in [0.3, 0.4) is 0 Å². The second kappa shape index (κ2) is 7.91. The number of rotatable bonds is 6. The molecule has 0 saturated heterocycles. The smallest absolute Gasteiger partial charge is 0.335 e. The van der Waals surface area contributed by atoms with E-state index in [1.807, 2.05) is 50.3 Å². The van der Waals surface area contributed by atoms with Crippen LogP contribution in [0, 0.1) is 5.92 Å². The summed E-state index contributed by atoms with van der Waals surface area (Å²) in [5, 5.41) is 9.36. The topological polar surface area (TPSA) is 76.7 Å². The average Bonchev–Trinajstić information content (AvgIpc) is 2.66. The summed E-state index contributed by atoms with van der Waals surface area (Å²) in [7, 11) is 0. The van der Waals surface area contributed by atoms with E-state index < -0.39 is 5.97 Å². The van der Waals surface area contributed by atoms with Crippen molar-refractivity contribution in [3.05, 3.63) is 75.6 Å². The Morgan fingerprint density at radius 2 is 1.89 bits per heavy atom. The number of aromatic carboxylic acids is 1. The van der Waals surface area contributed by atoms with Gasteiger partial charge in [-0.2, -0.15) is 0 Å². The normalized spacial score (nSPS) is 11.4. The molecule has 0 bridgehead atoms. The second-order valence-electron chi connectivity index (χ2n) is 6.59. The van der Waals surface area contributed by atoms with Crippen molar-refractivity contribution in [1.29, 1.82) is 0 Å². The molecule has 0 aliphatic carbocycles. The quantitative estimate of drug-likeness (QED) is 0.686. The molecule has 0 unspecified atom stereocenters. The molecule has 1 aromatic heterocycles. The zero-order valence-corrected chi connectivity index (χ0v) is 15.1. The first kappa shape index (κ1) is 18.5. The zero-order valence-electron chi connectivity index (χ0n) is 15.1. The van der Waals surface area contributed by atoms with E-state index in [1.54, 1.807) is 6.08 Å². The number of ether oxygens (including phenoxy) is 1. The number of hydrogen-bond donors (Lipinski definition) is 1. The van der Waals surface area contributed by atoms with Crippen LogP contribution in [0.15, 0.2) is 57.7 Å². The van der Waals surface area contributed by atoms with Gasteiger partial charge in [0.15, 0.2) is 5.76 Å². The minimum absolute atomic E-state index is 0.0252. The van der Waals surface area contributed by atoms with E-state index in [1.165, 1.54) is 18.2 Å². The van der Waals surface area contributed by atoms with Gasteiger partial charge in [0.2, 0.25) is 11.2 Å². The summed E-state index contributed by atoms with van der Waals surface area (Å²) in [6.07, 6.45) is 3.52. The lowest BCUT2D eigenvalue weighted by Crippen LogP contribution is -2.14. The second-order valence-corrected chi connectivity index (χ2v) is 6.59. The molecule has 3 aromatic rings. The Morgan fingerprint density at radius 1 is 1.15 bits per heavy atom. The maximum absolute atomic E-state index is 12.9. The Kier molecular flexibility index (Phi) is 5.41. The van der Waals surface area contributed by atoms with Crippen molar-refractivity contribution in [2.24, 2.45) is 5.92 Å². The van der Waals surface area contributed by atoms with Crippen LogP contribution in [-0.2, 0) is 0 Å². The molecule has 0 aliphatic heterocycles. The molecule has 0 spiro atoms. The van der Waals surface area contributed by atoms with Crippen molar-refractivity contribution in [1.82, 2.24) is 0 Å². The highest BCUT2D eigenvalue weighted by Gasteiger charge is 2.16. The van der Waals surface area contributed by atoms with E-state index in [4.69, 9.17) is 9.15 Å². The Morgan fingerprint density at radius 3 is 2.56 bits per heavy atom. The third kappa shape index (κ3) is 4.26. The summed E-state index contributed by atoms with van der Waals surface area (Å²) >= 11 is 0. The summed E-state index contributed by atoms with van der Waals surface area (Å²) in [6, 6.07) is 13.8.